The summed E-state index contributed by atoms with van der Waals surface area (Å²) in [5.41, 5.74) is 1.83. The molecular weight excluding hydrogens is 180 g/mol. The minimum Gasteiger partial charge on any atom is -0.297 e. The van der Waals surface area contributed by atoms with E-state index in [2.05, 4.69) is 19.9 Å². The van der Waals surface area contributed by atoms with Crippen LogP contribution in [-0.2, 0) is 12.8 Å². The Hall–Kier alpha value is -0.630. The molecular formula is C11H14OS. The average molecular weight is 194 g/mol. The van der Waals surface area contributed by atoms with Crippen molar-refractivity contribution < 1.29 is 4.79 Å². The highest BCUT2D eigenvalue weighted by Gasteiger charge is 2.26. The van der Waals surface area contributed by atoms with E-state index >= 15 is 0 Å². The fourth-order valence-electron chi connectivity index (χ4n) is 1.96. The Bertz CT molecular complexity index is 336. The molecule has 2 heteroatoms. The summed E-state index contributed by atoms with van der Waals surface area (Å²) in [6.45, 7) is 4.60. The first-order chi connectivity index (χ1) is 6.11. The first-order valence-corrected chi connectivity index (χ1v) is 5.49. The minimum absolute atomic E-state index is 0.425. The third-order valence-corrected chi connectivity index (χ3v) is 3.89. The van der Waals surface area contributed by atoms with Gasteiger partial charge in [-0.05, 0) is 36.3 Å². The molecule has 0 bridgehead atoms. The zero-order chi connectivity index (χ0) is 9.47. The van der Waals surface area contributed by atoms with E-state index < -0.39 is 0 Å². The van der Waals surface area contributed by atoms with E-state index in [0.717, 1.165) is 24.0 Å². The minimum atomic E-state index is 0.425. The number of fused-ring (bicyclic) bond motifs is 1. The SMILES string of the molecule is CC1(C)CCc2sc(C=O)cc2C1. The molecule has 0 unspecified atom stereocenters. The normalized spacial score (nSPS) is 19.5. The van der Waals surface area contributed by atoms with E-state index in [1.807, 2.05) is 0 Å². The Labute approximate surface area is 82.8 Å². The summed E-state index contributed by atoms with van der Waals surface area (Å²) >= 11 is 1.67. The Morgan fingerprint density at radius 3 is 3.00 bits per heavy atom. The molecule has 2 rings (SSSR count). The Morgan fingerprint density at radius 1 is 1.54 bits per heavy atom. The highest BCUT2D eigenvalue weighted by atomic mass is 32.1. The van der Waals surface area contributed by atoms with Crippen LogP contribution in [0.1, 0.15) is 40.4 Å². The monoisotopic (exact) mass is 194 g/mol. The summed E-state index contributed by atoms with van der Waals surface area (Å²) in [6.07, 6.45) is 4.50. The molecule has 1 aliphatic rings. The van der Waals surface area contributed by atoms with Crippen LogP contribution in [0.4, 0.5) is 0 Å². The molecule has 1 nitrogen and oxygen atoms in total. The lowest BCUT2D eigenvalue weighted by atomic mass is 9.77. The van der Waals surface area contributed by atoms with Gasteiger partial charge in [-0.15, -0.1) is 11.3 Å². The highest BCUT2D eigenvalue weighted by molar-refractivity contribution is 7.13. The molecule has 0 aromatic carbocycles. The smallest absolute Gasteiger partial charge is 0.160 e. The van der Waals surface area contributed by atoms with E-state index in [-0.39, 0.29) is 0 Å². The average Bonchev–Trinajstić information content (AvgIpc) is 2.44. The number of carbonyl (C=O) groups is 1. The second-order valence-electron chi connectivity index (χ2n) is 4.56. The number of hydrogen-bond donors (Lipinski definition) is 0. The zero-order valence-corrected chi connectivity index (χ0v) is 8.91. The van der Waals surface area contributed by atoms with Gasteiger partial charge in [-0.3, -0.25) is 4.79 Å². The standard InChI is InChI=1S/C11H14OS/c1-11(2)4-3-10-8(6-11)5-9(7-12)13-10/h5,7H,3-4,6H2,1-2H3. The van der Waals surface area contributed by atoms with Crippen molar-refractivity contribution in [1.29, 1.82) is 0 Å². The van der Waals surface area contributed by atoms with Crippen LogP contribution in [0.25, 0.3) is 0 Å². The van der Waals surface area contributed by atoms with Crippen LogP contribution in [-0.4, -0.2) is 6.29 Å². The van der Waals surface area contributed by atoms with Gasteiger partial charge in [0, 0.05) is 4.88 Å². The molecule has 1 heterocycles. The van der Waals surface area contributed by atoms with Gasteiger partial charge in [0.2, 0.25) is 0 Å². The van der Waals surface area contributed by atoms with Gasteiger partial charge >= 0.3 is 0 Å². The summed E-state index contributed by atoms with van der Waals surface area (Å²) in [7, 11) is 0. The van der Waals surface area contributed by atoms with E-state index in [4.69, 9.17) is 0 Å². The summed E-state index contributed by atoms with van der Waals surface area (Å²) in [4.78, 5) is 12.9. The van der Waals surface area contributed by atoms with Crippen molar-refractivity contribution >= 4 is 17.6 Å². The fourth-order valence-corrected chi connectivity index (χ4v) is 2.96. The van der Waals surface area contributed by atoms with Gasteiger partial charge in [-0.25, -0.2) is 0 Å². The Balaban J connectivity index is 2.35. The summed E-state index contributed by atoms with van der Waals surface area (Å²) in [6, 6.07) is 2.06. The fraction of sp³-hybridized carbons (Fsp3) is 0.545. The Kier molecular flexibility index (Phi) is 2.03. The topological polar surface area (TPSA) is 17.1 Å². The zero-order valence-electron chi connectivity index (χ0n) is 8.09. The molecule has 70 valence electrons. The molecule has 0 fully saturated rings. The lowest BCUT2D eigenvalue weighted by Crippen LogP contribution is -2.20. The molecule has 0 N–H and O–H groups in total. The molecule has 13 heavy (non-hydrogen) atoms. The number of aldehydes is 1. The van der Waals surface area contributed by atoms with Crippen molar-refractivity contribution in [1.82, 2.24) is 0 Å². The molecule has 0 spiro atoms. The van der Waals surface area contributed by atoms with Crippen LogP contribution < -0.4 is 0 Å². The molecule has 1 aromatic rings. The van der Waals surface area contributed by atoms with Gasteiger partial charge in [-0.1, -0.05) is 13.8 Å². The molecule has 0 aliphatic heterocycles. The molecule has 0 atom stereocenters. The van der Waals surface area contributed by atoms with Gasteiger partial charge in [0.15, 0.2) is 6.29 Å². The van der Waals surface area contributed by atoms with Crippen molar-refractivity contribution in [2.75, 3.05) is 0 Å². The van der Waals surface area contributed by atoms with E-state index in [0.29, 0.717) is 5.41 Å². The quantitative estimate of drug-likeness (QED) is 0.628. The second kappa shape index (κ2) is 2.95. The second-order valence-corrected chi connectivity index (χ2v) is 5.72. The third kappa shape index (κ3) is 1.68. The van der Waals surface area contributed by atoms with Gasteiger partial charge in [0.1, 0.15) is 0 Å². The number of thiophene rings is 1. The van der Waals surface area contributed by atoms with Gasteiger partial charge in [-0.2, -0.15) is 0 Å². The van der Waals surface area contributed by atoms with Crippen molar-refractivity contribution in [2.24, 2.45) is 5.41 Å². The molecule has 1 aromatic heterocycles. The summed E-state index contributed by atoms with van der Waals surface area (Å²) in [5, 5.41) is 0. The summed E-state index contributed by atoms with van der Waals surface area (Å²) in [5.74, 6) is 0. The molecule has 1 aliphatic carbocycles. The van der Waals surface area contributed by atoms with E-state index in [1.165, 1.54) is 16.9 Å². The molecule has 0 amide bonds. The van der Waals surface area contributed by atoms with Crippen LogP contribution in [0.3, 0.4) is 0 Å². The van der Waals surface area contributed by atoms with Crippen molar-refractivity contribution in [3.05, 3.63) is 21.4 Å². The lowest BCUT2D eigenvalue weighted by Gasteiger charge is -2.29. The largest absolute Gasteiger partial charge is 0.297 e. The third-order valence-electron chi connectivity index (χ3n) is 2.73. The van der Waals surface area contributed by atoms with Gasteiger partial charge in [0.05, 0.1) is 4.88 Å². The maximum absolute atomic E-state index is 10.6. The van der Waals surface area contributed by atoms with Crippen LogP contribution in [0.2, 0.25) is 0 Å². The number of aryl methyl sites for hydroxylation is 1. The summed E-state index contributed by atoms with van der Waals surface area (Å²) < 4.78 is 0. The lowest BCUT2D eigenvalue weighted by molar-refractivity contribution is 0.112. The van der Waals surface area contributed by atoms with Crippen molar-refractivity contribution in [3.63, 3.8) is 0 Å². The predicted octanol–water partition coefficient (Wildman–Crippen LogP) is 3.08. The number of rotatable bonds is 1. The maximum atomic E-state index is 10.6. The Morgan fingerprint density at radius 2 is 2.31 bits per heavy atom. The first-order valence-electron chi connectivity index (χ1n) is 4.67. The maximum Gasteiger partial charge on any atom is 0.160 e. The van der Waals surface area contributed by atoms with Crippen LogP contribution >= 0.6 is 11.3 Å². The predicted molar refractivity (Wildman–Crippen MR) is 55.5 cm³/mol. The van der Waals surface area contributed by atoms with E-state index in [9.17, 15) is 4.79 Å². The van der Waals surface area contributed by atoms with Crippen LogP contribution in [0.5, 0.6) is 0 Å². The van der Waals surface area contributed by atoms with Crippen LogP contribution in [0, 0.1) is 5.41 Å². The molecule has 0 radical (unpaired) electrons. The van der Waals surface area contributed by atoms with Crippen molar-refractivity contribution in [3.8, 4) is 0 Å². The van der Waals surface area contributed by atoms with Crippen molar-refractivity contribution in [2.45, 2.75) is 33.1 Å². The number of carbonyl (C=O) groups excluding carboxylic acids is 1. The highest BCUT2D eigenvalue weighted by Crippen LogP contribution is 2.38. The molecule has 0 saturated carbocycles. The van der Waals surface area contributed by atoms with Gasteiger partial charge < -0.3 is 0 Å². The van der Waals surface area contributed by atoms with Crippen LogP contribution in [0.15, 0.2) is 6.07 Å². The van der Waals surface area contributed by atoms with Gasteiger partial charge in [0.25, 0.3) is 0 Å². The first kappa shape index (κ1) is 8.95. The number of hydrogen-bond acceptors (Lipinski definition) is 2. The van der Waals surface area contributed by atoms with E-state index in [1.54, 1.807) is 11.3 Å². The molecule has 0 saturated heterocycles.